The van der Waals surface area contributed by atoms with E-state index < -0.39 is 5.60 Å². The van der Waals surface area contributed by atoms with Gasteiger partial charge in [-0.05, 0) is 49.9 Å². The summed E-state index contributed by atoms with van der Waals surface area (Å²) in [5, 5.41) is 0. The first-order chi connectivity index (χ1) is 8.16. The van der Waals surface area contributed by atoms with E-state index in [0.717, 1.165) is 18.6 Å². The van der Waals surface area contributed by atoms with Gasteiger partial charge < -0.3 is 15.2 Å². The molecular formula is C13H17NO3. The van der Waals surface area contributed by atoms with Crippen LogP contribution in [0.25, 0.3) is 0 Å². The molecule has 1 aliphatic carbocycles. The van der Waals surface area contributed by atoms with Crippen LogP contribution in [0.1, 0.15) is 25.7 Å². The van der Waals surface area contributed by atoms with Crippen LogP contribution in [-0.4, -0.2) is 18.6 Å². The second kappa shape index (κ2) is 4.65. The minimum Gasteiger partial charge on any atom is -0.497 e. The number of primary amides is 1. The number of nitrogens with two attached hydrogens (primary N) is 1. The number of hydrogen-bond acceptors (Lipinski definition) is 3. The van der Waals surface area contributed by atoms with Crippen LogP contribution in [0.4, 0.5) is 0 Å². The third kappa shape index (κ3) is 2.35. The molecule has 1 aliphatic rings. The van der Waals surface area contributed by atoms with Gasteiger partial charge in [-0.25, -0.2) is 0 Å². The maximum absolute atomic E-state index is 11.5. The fraction of sp³-hybridized carbons (Fsp3) is 0.462. The van der Waals surface area contributed by atoms with Gasteiger partial charge in [0, 0.05) is 0 Å². The summed E-state index contributed by atoms with van der Waals surface area (Å²) in [4.78, 5) is 11.5. The van der Waals surface area contributed by atoms with Gasteiger partial charge in [0.25, 0.3) is 5.91 Å². The normalized spacial score (nSPS) is 17.7. The lowest BCUT2D eigenvalue weighted by Gasteiger charge is -2.26. The minimum atomic E-state index is -0.811. The van der Waals surface area contributed by atoms with Crippen LogP contribution < -0.4 is 15.2 Å². The average Bonchev–Trinajstić information content (AvgIpc) is 2.80. The summed E-state index contributed by atoms with van der Waals surface area (Å²) in [6.45, 7) is 0. The van der Waals surface area contributed by atoms with Crippen LogP contribution in [0.5, 0.6) is 11.5 Å². The molecule has 2 N–H and O–H groups in total. The Morgan fingerprint density at radius 3 is 2.18 bits per heavy atom. The van der Waals surface area contributed by atoms with Crippen molar-refractivity contribution in [2.75, 3.05) is 7.11 Å². The van der Waals surface area contributed by atoms with Crippen molar-refractivity contribution in [3.05, 3.63) is 24.3 Å². The van der Waals surface area contributed by atoms with Crippen LogP contribution in [0.2, 0.25) is 0 Å². The Balaban J connectivity index is 2.15. The van der Waals surface area contributed by atoms with Crippen LogP contribution in [-0.2, 0) is 4.79 Å². The van der Waals surface area contributed by atoms with E-state index in [9.17, 15) is 4.79 Å². The first kappa shape index (κ1) is 11.8. The monoisotopic (exact) mass is 235 g/mol. The highest BCUT2D eigenvalue weighted by atomic mass is 16.5. The van der Waals surface area contributed by atoms with E-state index in [0.29, 0.717) is 18.6 Å². The van der Waals surface area contributed by atoms with Gasteiger partial charge in [0.1, 0.15) is 11.5 Å². The highest BCUT2D eigenvalue weighted by molar-refractivity contribution is 5.84. The molecule has 1 aromatic carbocycles. The summed E-state index contributed by atoms with van der Waals surface area (Å²) in [5.41, 5.74) is 4.64. The number of rotatable bonds is 4. The number of hydrogen-bond donors (Lipinski definition) is 1. The lowest BCUT2D eigenvalue weighted by molar-refractivity contribution is -0.132. The van der Waals surface area contributed by atoms with Crippen LogP contribution in [0.15, 0.2) is 24.3 Å². The molecule has 1 amide bonds. The fourth-order valence-electron chi connectivity index (χ4n) is 2.21. The summed E-state index contributed by atoms with van der Waals surface area (Å²) < 4.78 is 10.9. The predicted octanol–water partition coefficient (Wildman–Crippen LogP) is 1.87. The van der Waals surface area contributed by atoms with Crippen molar-refractivity contribution in [2.45, 2.75) is 31.3 Å². The van der Waals surface area contributed by atoms with Gasteiger partial charge in [-0.3, -0.25) is 4.79 Å². The van der Waals surface area contributed by atoms with Crippen LogP contribution in [0.3, 0.4) is 0 Å². The Hall–Kier alpha value is -1.71. The summed E-state index contributed by atoms with van der Waals surface area (Å²) >= 11 is 0. The number of benzene rings is 1. The van der Waals surface area contributed by atoms with Crippen molar-refractivity contribution in [2.24, 2.45) is 5.73 Å². The molecule has 0 aromatic heterocycles. The molecular weight excluding hydrogens is 218 g/mol. The summed E-state index contributed by atoms with van der Waals surface area (Å²) in [6.07, 6.45) is 3.38. The largest absolute Gasteiger partial charge is 0.497 e. The van der Waals surface area contributed by atoms with Gasteiger partial charge >= 0.3 is 0 Å². The molecule has 0 spiro atoms. The van der Waals surface area contributed by atoms with E-state index in [2.05, 4.69) is 0 Å². The molecule has 4 heteroatoms. The Labute approximate surface area is 101 Å². The van der Waals surface area contributed by atoms with E-state index in [1.54, 1.807) is 31.4 Å². The summed E-state index contributed by atoms with van der Waals surface area (Å²) in [6, 6.07) is 7.20. The first-order valence-electron chi connectivity index (χ1n) is 5.79. The van der Waals surface area contributed by atoms with E-state index in [4.69, 9.17) is 15.2 Å². The van der Waals surface area contributed by atoms with Crippen LogP contribution >= 0.6 is 0 Å². The van der Waals surface area contributed by atoms with Crippen molar-refractivity contribution in [1.29, 1.82) is 0 Å². The summed E-state index contributed by atoms with van der Waals surface area (Å²) in [5.74, 6) is 1.05. The van der Waals surface area contributed by atoms with E-state index in [-0.39, 0.29) is 5.91 Å². The molecule has 0 saturated heterocycles. The van der Waals surface area contributed by atoms with Crippen molar-refractivity contribution < 1.29 is 14.3 Å². The number of carbonyl (C=O) groups is 1. The predicted molar refractivity (Wildman–Crippen MR) is 64.0 cm³/mol. The number of amides is 1. The van der Waals surface area contributed by atoms with E-state index >= 15 is 0 Å². The third-order valence-corrected chi connectivity index (χ3v) is 3.23. The Morgan fingerprint density at radius 2 is 1.71 bits per heavy atom. The van der Waals surface area contributed by atoms with Gasteiger partial charge in [-0.1, -0.05) is 0 Å². The third-order valence-electron chi connectivity index (χ3n) is 3.23. The Kier molecular flexibility index (Phi) is 3.22. The number of ether oxygens (including phenoxy) is 2. The molecule has 0 atom stereocenters. The molecule has 92 valence electrons. The zero-order valence-electron chi connectivity index (χ0n) is 9.94. The molecule has 1 saturated carbocycles. The van der Waals surface area contributed by atoms with Gasteiger partial charge in [0.2, 0.25) is 0 Å². The van der Waals surface area contributed by atoms with E-state index in [1.165, 1.54) is 0 Å². The highest BCUT2D eigenvalue weighted by Gasteiger charge is 2.41. The number of carbonyl (C=O) groups excluding carboxylic acids is 1. The second-order valence-corrected chi connectivity index (χ2v) is 4.34. The lowest BCUT2D eigenvalue weighted by atomic mass is 10.0. The maximum atomic E-state index is 11.5. The van der Waals surface area contributed by atoms with Gasteiger partial charge in [-0.15, -0.1) is 0 Å². The highest BCUT2D eigenvalue weighted by Crippen LogP contribution is 2.34. The van der Waals surface area contributed by atoms with Gasteiger partial charge in [-0.2, -0.15) is 0 Å². The first-order valence-corrected chi connectivity index (χ1v) is 5.79. The van der Waals surface area contributed by atoms with Crippen LogP contribution in [0, 0.1) is 0 Å². The molecule has 1 fully saturated rings. The zero-order chi connectivity index (χ0) is 12.3. The van der Waals surface area contributed by atoms with Crippen molar-refractivity contribution in [3.63, 3.8) is 0 Å². The van der Waals surface area contributed by atoms with Crippen molar-refractivity contribution >= 4 is 5.91 Å². The van der Waals surface area contributed by atoms with Gasteiger partial charge in [0.15, 0.2) is 5.60 Å². The van der Waals surface area contributed by atoms with Crippen molar-refractivity contribution in [1.82, 2.24) is 0 Å². The molecule has 17 heavy (non-hydrogen) atoms. The molecule has 2 rings (SSSR count). The topological polar surface area (TPSA) is 61.6 Å². The molecule has 1 aromatic rings. The molecule has 0 unspecified atom stereocenters. The molecule has 0 bridgehead atoms. The standard InChI is InChI=1S/C13H17NO3/c1-16-10-4-6-11(7-5-10)17-13(12(14)15)8-2-3-9-13/h4-7H,2-3,8-9H2,1H3,(H2,14,15). The SMILES string of the molecule is COc1ccc(OC2(C(N)=O)CCCC2)cc1. The molecule has 0 heterocycles. The quantitative estimate of drug-likeness (QED) is 0.866. The van der Waals surface area contributed by atoms with E-state index in [1.807, 2.05) is 0 Å². The second-order valence-electron chi connectivity index (χ2n) is 4.34. The van der Waals surface area contributed by atoms with Crippen molar-refractivity contribution in [3.8, 4) is 11.5 Å². The average molecular weight is 235 g/mol. The molecule has 0 aliphatic heterocycles. The zero-order valence-corrected chi connectivity index (χ0v) is 9.94. The lowest BCUT2D eigenvalue weighted by Crippen LogP contribution is -2.46. The number of methoxy groups -OCH3 is 1. The van der Waals surface area contributed by atoms with Gasteiger partial charge in [0.05, 0.1) is 7.11 Å². The maximum Gasteiger partial charge on any atom is 0.261 e. The molecule has 4 nitrogen and oxygen atoms in total. The smallest absolute Gasteiger partial charge is 0.261 e. The minimum absolute atomic E-state index is 0.370. The molecule has 0 radical (unpaired) electrons. The Morgan fingerprint density at radius 1 is 1.18 bits per heavy atom. The fourth-order valence-corrected chi connectivity index (χ4v) is 2.21. The Bertz CT molecular complexity index is 394. The summed E-state index contributed by atoms with van der Waals surface area (Å²) in [7, 11) is 1.61.